The maximum Gasteiger partial charge on any atom is 0.280 e. The first kappa shape index (κ1) is 21.0. The average Bonchev–Trinajstić information content (AvgIpc) is 3.33. The summed E-state index contributed by atoms with van der Waals surface area (Å²) >= 11 is 7.28. The van der Waals surface area contributed by atoms with Crippen LogP contribution in [-0.4, -0.2) is 26.9 Å². The summed E-state index contributed by atoms with van der Waals surface area (Å²) in [6, 6.07) is 7.43. The highest BCUT2D eigenvalue weighted by atomic mass is 35.5. The van der Waals surface area contributed by atoms with Crippen LogP contribution in [0.1, 0.15) is 48.6 Å². The van der Waals surface area contributed by atoms with E-state index in [1.165, 1.54) is 16.5 Å². The summed E-state index contributed by atoms with van der Waals surface area (Å²) in [6.45, 7) is 7.44. The number of carbonyl (C=O) groups excluding carboxylic acids is 2. The highest BCUT2D eigenvalue weighted by Crippen LogP contribution is 2.34. The van der Waals surface area contributed by atoms with Crippen molar-refractivity contribution in [3.05, 3.63) is 64.0 Å². The van der Waals surface area contributed by atoms with Gasteiger partial charge in [-0.2, -0.15) is 0 Å². The number of furan rings is 1. The third-order valence-corrected chi connectivity index (χ3v) is 4.79. The molecule has 2 amide bonds. The first-order valence-electron chi connectivity index (χ1n) is 8.89. The minimum atomic E-state index is -1.06. The molecule has 3 aromatic rings. The fourth-order valence-corrected chi connectivity index (χ4v) is 3.44. The van der Waals surface area contributed by atoms with Gasteiger partial charge in [0.15, 0.2) is 11.7 Å². The number of aromatic nitrogens is 2. The van der Waals surface area contributed by atoms with Crippen LogP contribution < -0.4 is 10.2 Å². The minimum Gasteiger partial charge on any atom is -0.467 e. The number of hydrogen-bond donors (Lipinski definition) is 1. The lowest BCUT2D eigenvalue weighted by Gasteiger charge is -2.32. The van der Waals surface area contributed by atoms with E-state index in [9.17, 15) is 9.59 Å². The van der Waals surface area contributed by atoms with Crippen molar-refractivity contribution in [2.75, 3.05) is 4.90 Å². The monoisotopic (exact) mass is 432 g/mol. The Morgan fingerprint density at radius 2 is 2.03 bits per heavy atom. The van der Waals surface area contributed by atoms with Gasteiger partial charge in [-0.1, -0.05) is 22.2 Å². The molecule has 1 aromatic carbocycles. The number of aryl methyl sites for hydroxylation is 1. The summed E-state index contributed by atoms with van der Waals surface area (Å²) in [6.07, 6.45) is 1.46. The summed E-state index contributed by atoms with van der Waals surface area (Å²) in [4.78, 5) is 28.1. The molecule has 1 N–H and O–H groups in total. The zero-order chi connectivity index (χ0) is 21.2. The molecular formula is C20H21ClN4O3S. The number of benzene rings is 1. The van der Waals surface area contributed by atoms with Gasteiger partial charge in [-0.05, 0) is 69.1 Å². The Hall–Kier alpha value is -2.71. The normalized spacial score (nSPS) is 12.4. The molecule has 0 aliphatic heterocycles. The summed E-state index contributed by atoms with van der Waals surface area (Å²) < 4.78 is 9.33. The van der Waals surface area contributed by atoms with E-state index in [1.807, 2.05) is 27.7 Å². The number of carbonyl (C=O) groups is 2. The van der Waals surface area contributed by atoms with Crippen LogP contribution in [-0.2, 0) is 4.79 Å². The molecule has 0 unspecified atom stereocenters. The maximum absolute atomic E-state index is 13.4. The summed E-state index contributed by atoms with van der Waals surface area (Å²) in [5.41, 5.74) is 0.879. The Kier molecular flexibility index (Phi) is 6.04. The van der Waals surface area contributed by atoms with Crippen molar-refractivity contribution in [1.82, 2.24) is 14.9 Å². The van der Waals surface area contributed by atoms with Gasteiger partial charge in [0.2, 0.25) is 0 Å². The fourth-order valence-electron chi connectivity index (χ4n) is 2.85. The van der Waals surface area contributed by atoms with Crippen molar-refractivity contribution in [3.63, 3.8) is 0 Å². The molecule has 0 bridgehead atoms. The van der Waals surface area contributed by atoms with Crippen LogP contribution in [0.3, 0.4) is 0 Å². The van der Waals surface area contributed by atoms with Crippen LogP contribution in [0.15, 0.2) is 46.4 Å². The zero-order valence-electron chi connectivity index (χ0n) is 16.5. The molecule has 152 valence electrons. The lowest BCUT2D eigenvalue weighted by molar-refractivity contribution is -0.124. The SMILES string of the molecule is Cc1ccc(Cl)cc1N(C(=O)c1csnn1)[C@H](C(=O)NC(C)(C)C)c1ccco1. The Balaban J connectivity index is 2.19. The van der Waals surface area contributed by atoms with Gasteiger partial charge in [0.05, 0.1) is 6.26 Å². The molecule has 0 aliphatic rings. The van der Waals surface area contributed by atoms with Crippen LogP contribution in [0.5, 0.6) is 0 Å². The highest BCUT2D eigenvalue weighted by molar-refractivity contribution is 7.03. The van der Waals surface area contributed by atoms with Gasteiger partial charge in [-0.25, -0.2) is 0 Å². The van der Waals surface area contributed by atoms with Gasteiger partial charge in [0.1, 0.15) is 5.76 Å². The minimum absolute atomic E-state index is 0.134. The number of hydrogen-bond acceptors (Lipinski definition) is 6. The number of nitrogens with zero attached hydrogens (tertiary/aromatic N) is 3. The molecule has 2 aromatic heterocycles. The summed E-state index contributed by atoms with van der Waals surface area (Å²) in [5.74, 6) is -0.541. The Morgan fingerprint density at radius 3 is 2.62 bits per heavy atom. The van der Waals surface area contributed by atoms with Crippen LogP contribution >= 0.6 is 23.1 Å². The second-order valence-corrected chi connectivity index (χ2v) is 8.60. The van der Waals surface area contributed by atoms with E-state index in [0.29, 0.717) is 16.5 Å². The molecule has 0 aliphatic carbocycles. The molecule has 0 saturated heterocycles. The van der Waals surface area contributed by atoms with Gasteiger partial charge in [-0.15, -0.1) is 5.10 Å². The number of amides is 2. The molecule has 9 heteroatoms. The molecule has 0 spiro atoms. The zero-order valence-corrected chi connectivity index (χ0v) is 18.0. The van der Waals surface area contributed by atoms with Crippen molar-refractivity contribution in [3.8, 4) is 0 Å². The molecule has 0 fully saturated rings. The van der Waals surface area contributed by atoms with E-state index in [4.69, 9.17) is 16.0 Å². The van der Waals surface area contributed by atoms with Crippen LogP contribution in [0.4, 0.5) is 5.69 Å². The van der Waals surface area contributed by atoms with Crippen LogP contribution in [0.2, 0.25) is 5.02 Å². The topological polar surface area (TPSA) is 88.3 Å². The number of nitrogens with one attached hydrogen (secondary N) is 1. The molecule has 0 radical (unpaired) electrons. The van der Waals surface area contributed by atoms with E-state index >= 15 is 0 Å². The van der Waals surface area contributed by atoms with Crippen molar-refractivity contribution in [2.45, 2.75) is 39.3 Å². The standard InChI is InChI=1S/C20H21ClN4O3S/c1-12-7-8-13(21)10-15(12)25(19(27)14-11-29-24-23-14)17(16-6-5-9-28-16)18(26)22-20(2,3)4/h5-11,17H,1-4H3,(H,22,26)/t17-/m0/s1. The summed E-state index contributed by atoms with van der Waals surface area (Å²) in [5, 5.41) is 8.80. The van der Waals surface area contributed by atoms with E-state index in [0.717, 1.165) is 17.1 Å². The van der Waals surface area contributed by atoms with Crippen molar-refractivity contribution in [1.29, 1.82) is 0 Å². The summed E-state index contributed by atoms with van der Waals surface area (Å²) in [7, 11) is 0. The average molecular weight is 433 g/mol. The number of anilines is 1. The van der Waals surface area contributed by atoms with Gasteiger partial charge in [0, 0.05) is 21.6 Å². The lowest BCUT2D eigenvalue weighted by atomic mass is 10.0. The molecule has 3 rings (SSSR count). The molecule has 0 saturated carbocycles. The van der Waals surface area contributed by atoms with E-state index < -0.39 is 17.5 Å². The van der Waals surface area contributed by atoms with Crippen LogP contribution in [0, 0.1) is 6.92 Å². The Labute approximate surface area is 177 Å². The van der Waals surface area contributed by atoms with E-state index in [-0.39, 0.29) is 11.6 Å². The van der Waals surface area contributed by atoms with Gasteiger partial charge in [0.25, 0.3) is 11.8 Å². The number of halogens is 1. The Bertz CT molecular complexity index is 997. The van der Waals surface area contributed by atoms with Gasteiger partial charge >= 0.3 is 0 Å². The third-order valence-electron chi connectivity index (χ3n) is 4.05. The molecule has 29 heavy (non-hydrogen) atoms. The van der Waals surface area contributed by atoms with Gasteiger partial charge in [-0.3, -0.25) is 14.5 Å². The predicted octanol–water partition coefficient (Wildman–Crippen LogP) is 4.40. The van der Waals surface area contributed by atoms with E-state index in [2.05, 4.69) is 14.9 Å². The lowest BCUT2D eigenvalue weighted by Crippen LogP contribution is -2.49. The largest absolute Gasteiger partial charge is 0.467 e. The fraction of sp³-hybridized carbons (Fsp3) is 0.300. The first-order valence-corrected chi connectivity index (χ1v) is 10.1. The van der Waals surface area contributed by atoms with Crippen molar-refractivity contribution < 1.29 is 14.0 Å². The molecule has 1 atom stereocenters. The first-order chi connectivity index (χ1) is 13.7. The number of rotatable bonds is 5. The maximum atomic E-state index is 13.4. The van der Waals surface area contributed by atoms with E-state index in [1.54, 1.807) is 30.3 Å². The van der Waals surface area contributed by atoms with Crippen molar-refractivity contribution >= 4 is 40.6 Å². The Morgan fingerprint density at radius 1 is 1.28 bits per heavy atom. The van der Waals surface area contributed by atoms with Gasteiger partial charge < -0.3 is 9.73 Å². The molecule has 7 nitrogen and oxygen atoms in total. The molecule has 2 heterocycles. The van der Waals surface area contributed by atoms with Crippen LogP contribution in [0.25, 0.3) is 0 Å². The highest BCUT2D eigenvalue weighted by Gasteiger charge is 2.38. The van der Waals surface area contributed by atoms with Crippen molar-refractivity contribution in [2.24, 2.45) is 0 Å². The third kappa shape index (κ3) is 4.83. The second-order valence-electron chi connectivity index (χ2n) is 7.55. The predicted molar refractivity (Wildman–Crippen MR) is 112 cm³/mol. The second kappa shape index (κ2) is 8.34. The smallest absolute Gasteiger partial charge is 0.280 e. The quantitative estimate of drug-likeness (QED) is 0.645. The molecular weight excluding hydrogens is 412 g/mol.